The Kier molecular flexibility index (Phi) is 6.97. The van der Waals surface area contributed by atoms with Gasteiger partial charge in [0.2, 0.25) is 0 Å². The van der Waals surface area contributed by atoms with Crippen LogP contribution in [0, 0.1) is 0 Å². The molecule has 0 unspecified atom stereocenters. The molecule has 186 valence electrons. The summed E-state index contributed by atoms with van der Waals surface area (Å²) >= 11 is 0. The van der Waals surface area contributed by atoms with E-state index in [0.29, 0.717) is 13.1 Å². The number of carbonyl (C=O) groups is 2. The summed E-state index contributed by atoms with van der Waals surface area (Å²) in [7, 11) is 0. The van der Waals surface area contributed by atoms with Gasteiger partial charge in [-0.2, -0.15) is 0 Å². The minimum Gasteiger partial charge on any atom is -0.444 e. The van der Waals surface area contributed by atoms with Gasteiger partial charge in [0.15, 0.2) is 0 Å². The number of hydrogen-bond acceptors (Lipinski definition) is 4. The first-order valence-corrected chi connectivity index (χ1v) is 11.8. The van der Waals surface area contributed by atoms with Crippen LogP contribution in [0.5, 0.6) is 0 Å². The van der Waals surface area contributed by atoms with Crippen LogP contribution in [-0.4, -0.2) is 41.4 Å². The summed E-state index contributed by atoms with van der Waals surface area (Å²) < 4.78 is 11.1. The number of nitrogens with one attached hydrogen (secondary N) is 1. The summed E-state index contributed by atoms with van der Waals surface area (Å²) in [6.07, 6.45) is -0.878. The quantitative estimate of drug-likeness (QED) is 0.566. The van der Waals surface area contributed by atoms with Crippen LogP contribution < -0.4 is 5.32 Å². The molecule has 2 rings (SSSR count). The molecule has 0 spiro atoms. The van der Waals surface area contributed by atoms with E-state index < -0.39 is 22.8 Å². The van der Waals surface area contributed by atoms with Gasteiger partial charge in [-0.05, 0) is 69.1 Å². The molecular weight excluding hydrogens is 416 g/mol. The van der Waals surface area contributed by atoms with Crippen molar-refractivity contribution in [2.24, 2.45) is 0 Å². The SMILES string of the molecule is CC(C)(C)OC(=O)NC1(c2cc(C(C)(C)C)cc(C(C)(C)C)c2)CN(C(=O)OC(C)(C)C)C1. The van der Waals surface area contributed by atoms with Crippen molar-refractivity contribution in [3.05, 3.63) is 34.9 Å². The summed E-state index contributed by atoms with van der Waals surface area (Å²) in [6, 6.07) is 6.55. The van der Waals surface area contributed by atoms with Crippen molar-refractivity contribution in [3.63, 3.8) is 0 Å². The monoisotopic (exact) mass is 460 g/mol. The van der Waals surface area contributed by atoms with Crippen LogP contribution >= 0.6 is 0 Å². The van der Waals surface area contributed by atoms with E-state index in [9.17, 15) is 9.59 Å². The number of nitrogens with zero attached hydrogens (tertiary/aromatic N) is 1. The molecule has 1 aliphatic heterocycles. The van der Waals surface area contributed by atoms with E-state index in [1.54, 1.807) is 4.90 Å². The van der Waals surface area contributed by atoms with E-state index in [4.69, 9.17) is 9.47 Å². The average Bonchev–Trinajstić information content (AvgIpc) is 2.52. The van der Waals surface area contributed by atoms with Gasteiger partial charge in [0, 0.05) is 0 Å². The zero-order valence-electron chi connectivity index (χ0n) is 22.7. The zero-order valence-corrected chi connectivity index (χ0v) is 22.7. The first kappa shape index (κ1) is 27.0. The lowest BCUT2D eigenvalue weighted by Crippen LogP contribution is -2.69. The smallest absolute Gasteiger partial charge is 0.410 e. The Hall–Kier alpha value is -2.24. The molecule has 6 nitrogen and oxygen atoms in total. The van der Waals surface area contributed by atoms with Crippen molar-refractivity contribution in [1.82, 2.24) is 10.2 Å². The average molecular weight is 461 g/mol. The molecule has 0 aliphatic carbocycles. The summed E-state index contributed by atoms with van der Waals surface area (Å²) in [4.78, 5) is 27.2. The molecule has 0 aromatic heterocycles. The number of amides is 2. The molecule has 6 heteroatoms. The molecule has 33 heavy (non-hydrogen) atoms. The lowest BCUT2D eigenvalue weighted by molar-refractivity contribution is -0.0230. The van der Waals surface area contributed by atoms with Crippen LogP contribution in [0.25, 0.3) is 0 Å². The Morgan fingerprint density at radius 2 is 1.18 bits per heavy atom. The van der Waals surface area contributed by atoms with Gasteiger partial charge < -0.3 is 19.7 Å². The van der Waals surface area contributed by atoms with Gasteiger partial charge in [-0.15, -0.1) is 0 Å². The molecule has 1 saturated heterocycles. The zero-order chi connectivity index (χ0) is 25.6. The Bertz CT molecular complexity index is 854. The van der Waals surface area contributed by atoms with Gasteiger partial charge in [0.1, 0.15) is 16.7 Å². The molecule has 0 radical (unpaired) electrons. The van der Waals surface area contributed by atoms with Crippen molar-refractivity contribution in [2.75, 3.05) is 13.1 Å². The maximum Gasteiger partial charge on any atom is 0.410 e. The molecule has 1 N–H and O–H groups in total. The molecule has 1 heterocycles. The Labute approximate surface area is 200 Å². The number of benzene rings is 1. The molecule has 0 bridgehead atoms. The number of likely N-dealkylation sites (tertiary alicyclic amines) is 1. The first-order valence-electron chi connectivity index (χ1n) is 11.8. The van der Waals surface area contributed by atoms with E-state index in [1.165, 1.54) is 11.1 Å². The number of alkyl carbamates (subject to hydrolysis) is 1. The summed E-state index contributed by atoms with van der Waals surface area (Å²) in [5.74, 6) is 0. The van der Waals surface area contributed by atoms with Crippen LogP contribution in [0.3, 0.4) is 0 Å². The fraction of sp³-hybridized carbons (Fsp3) is 0.704. The second kappa shape index (κ2) is 8.52. The fourth-order valence-corrected chi connectivity index (χ4v) is 3.66. The van der Waals surface area contributed by atoms with Crippen LogP contribution in [-0.2, 0) is 25.8 Å². The van der Waals surface area contributed by atoms with E-state index in [2.05, 4.69) is 65.1 Å². The van der Waals surface area contributed by atoms with Gasteiger partial charge in [-0.25, -0.2) is 9.59 Å². The second-order valence-electron chi connectivity index (χ2n) is 13.3. The number of carbonyl (C=O) groups excluding carboxylic acids is 2. The van der Waals surface area contributed by atoms with Crippen molar-refractivity contribution < 1.29 is 19.1 Å². The van der Waals surface area contributed by atoms with E-state index >= 15 is 0 Å². The van der Waals surface area contributed by atoms with Crippen LogP contribution in [0.2, 0.25) is 0 Å². The second-order valence-corrected chi connectivity index (χ2v) is 13.3. The van der Waals surface area contributed by atoms with Gasteiger partial charge >= 0.3 is 12.2 Å². The third kappa shape index (κ3) is 7.12. The fourth-order valence-electron chi connectivity index (χ4n) is 3.66. The molecule has 1 aliphatic rings. The van der Waals surface area contributed by atoms with E-state index in [-0.39, 0.29) is 16.9 Å². The summed E-state index contributed by atoms with van der Waals surface area (Å²) in [5.41, 5.74) is 1.25. The summed E-state index contributed by atoms with van der Waals surface area (Å²) in [5, 5.41) is 3.10. The topological polar surface area (TPSA) is 67.9 Å². The highest BCUT2D eigenvalue weighted by molar-refractivity contribution is 5.73. The van der Waals surface area contributed by atoms with Crippen molar-refractivity contribution in [3.8, 4) is 0 Å². The van der Waals surface area contributed by atoms with E-state index in [1.807, 2.05) is 41.5 Å². The van der Waals surface area contributed by atoms with Gasteiger partial charge in [0.05, 0.1) is 13.1 Å². The van der Waals surface area contributed by atoms with Crippen molar-refractivity contribution in [1.29, 1.82) is 0 Å². The molecule has 1 aromatic carbocycles. The number of hydrogen-bond donors (Lipinski definition) is 1. The third-order valence-electron chi connectivity index (χ3n) is 5.53. The standard InChI is InChI=1S/C27H44N2O4/c1-23(2,3)18-13-19(24(4,5)6)15-20(14-18)27(28-21(30)32-25(7,8)9)16-29(17-27)22(31)33-26(10,11)12/h13-15H,16-17H2,1-12H3,(H,28,30). The highest BCUT2D eigenvalue weighted by Crippen LogP contribution is 2.38. The minimum atomic E-state index is -0.750. The number of ether oxygens (including phenoxy) is 2. The molecule has 1 aromatic rings. The molecule has 0 saturated carbocycles. The lowest BCUT2D eigenvalue weighted by atomic mass is 9.74. The third-order valence-corrected chi connectivity index (χ3v) is 5.53. The molecule has 1 fully saturated rings. The van der Waals surface area contributed by atoms with Gasteiger partial charge in [0.25, 0.3) is 0 Å². The summed E-state index contributed by atoms with van der Waals surface area (Å²) in [6.45, 7) is 24.8. The highest BCUT2D eigenvalue weighted by Gasteiger charge is 2.50. The largest absolute Gasteiger partial charge is 0.444 e. The van der Waals surface area contributed by atoms with Crippen LogP contribution in [0.1, 0.15) is 99.8 Å². The predicted octanol–water partition coefficient (Wildman–Crippen LogP) is 6.25. The van der Waals surface area contributed by atoms with Gasteiger partial charge in [-0.3, -0.25) is 0 Å². The normalized spacial score (nSPS) is 16.7. The highest BCUT2D eigenvalue weighted by atomic mass is 16.6. The van der Waals surface area contributed by atoms with E-state index in [0.717, 1.165) is 5.56 Å². The number of rotatable bonds is 2. The van der Waals surface area contributed by atoms with Crippen LogP contribution in [0.4, 0.5) is 9.59 Å². The maximum absolute atomic E-state index is 12.8. The molecule has 2 amide bonds. The van der Waals surface area contributed by atoms with Gasteiger partial charge in [-0.1, -0.05) is 59.7 Å². The van der Waals surface area contributed by atoms with Crippen molar-refractivity contribution in [2.45, 2.75) is 111 Å². The first-order chi connectivity index (χ1) is 14.6. The Balaban J connectivity index is 2.51. The predicted molar refractivity (Wildman–Crippen MR) is 133 cm³/mol. The minimum absolute atomic E-state index is 0.0717. The maximum atomic E-state index is 12.8. The Morgan fingerprint density at radius 3 is 1.55 bits per heavy atom. The lowest BCUT2D eigenvalue weighted by Gasteiger charge is -2.50. The van der Waals surface area contributed by atoms with Crippen LogP contribution in [0.15, 0.2) is 18.2 Å². The Morgan fingerprint density at radius 1 is 0.758 bits per heavy atom. The molecule has 0 atom stereocenters. The van der Waals surface area contributed by atoms with Crippen molar-refractivity contribution >= 4 is 12.2 Å². The molecular formula is C27H44N2O4.